The highest BCUT2D eigenvalue weighted by molar-refractivity contribution is 6.15. The molecule has 2 aromatic rings. The Kier molecular flexibility index (Phi) is 6.14. The van der Waals surface area contributed by atoms with Crippen LogP contribution < -0.4 is 0 Å². The monoisotopic (exact) mass is 381 g/mol. The third-order valence-electron chi connectivity index (χ3n) is 4.59. The predicted octanol–water partition coefficient (Wildman–Crippen LogP) is 4.64. The first kappa shape index (κ1) is 19.7. The molecule has 1 aliphatic heterocycles. The van der Waals surface area contributed by atoms with Crippen molar-refractivity contribution in [1.29, 1.82) is 0 Å². The van der Waals surface area contributed by atoms with Crippen LogP contribution in [0.2, 0.25) is 0 Å². The van der Waals surface area contributed by atoms with Crippen LogP contribution in [0.4, 0.5) is 8.78 Å². The summed E-state index contributed by atoms with van der Waals surface area (Å²) in [5.74, 6) is -1.28. The van der Waals surface area contributed by atoms with Crippen LogP contribution in [0.25, 0.3) is 12.2 Å². The third-order valence-corrected chi connectivity index (χ3v) is 4.59. The van der Waals surface area contributed by atoms with Crippen LogP contribution in [0.1, 0.15) is 30.9 Å². The molecule has 3 nitrogen and oxygen atoms in total. The normalized spacial score (nSPS) is 17.4. The minimum Gasteiger partial charge on any atom is -0.334 e. The van der Waals surface area contributed by atoms with Crippen LogP contribution in [0.5, 0.6) is 0 Å². The molecular formula is C23H21F2NO2. The van der Waals surface area contributed by atoms with E-state index >= 15 is 0 Å². The first-order valence-electron chi connectivity index (χ1n) is 9.22. The van der Waals surface area contributed by atoms with Crippen LogP contribution in [-0.2, 0) is 9.59 Å². The van der Waals surface area contributed by atoms with Gasteiger partial charge in [-0.25, -0.2) is 8.78 Å². The average molecular weight is 381 g/mol. The van der Waals surface area contributed by atoms with Gasteiger partial charge in [-0.05, 0) is 30.7 Å². The Morgan fingerprint density at radius 1 is 0.929 bits per heavy atom. The minimum atomic E-state index is -0.445. The van der Waals surface area contributed by atoms with Gasteiger partial charge in [0.05, 0.1) is 0 Å². The minimum absolute atomic E-state index is 0.0890. The number of nitrogens with zero attached hydrogens (tertiary/aromatic N) is 1. The van der Waals surface area contributed by atoms with Crippen molar-refractivity contribution < 1.29 is 18.4 Å². The fourth-order valence-corrected chi connectivity index (χ4v) is 3.15. The highest BCUT2D eigenvalue weighted by Gasteiger charge is 2.29. The molecule has 1 amide bonds. The number of amides is 1. The molecule has 0 aromatic heterocycles. The van der Waals surface area contributed by atoms with Crippen molar-refractivity contribution in [3.05, 3.63) is 82.4 Å². The SMILES string of the molecule is CCCC(=O)N1C/C(=C\c2ccccc2F)C(=O)/C(=C/c2ccccc2F)C1. The summed E-state index contributed by atoms with van der Waals surface area (Å²) in [6, 6.07) is 12.3. The van der Waals surface area contributed by atoms with Gasteiger partial charge < -0.3 is 4.90 Å². The molecule has 0 unspecified atom stereocenters. The lowest BCUT2D eigenvalue weighted by atomic mass is 9.93. The fourth-order valence-electron chi connectivity index (χ4n) is 3.15. The Labute approximate surface area is 163 Å². The standard InChI is InChI=1S/C23H21F2NO2/c1-2-7-22(27)26-14-18(12-16-8-3-5-10-20(16)24)23(28)19(15-26)13-17-9-4-6-11-21(17)25/h3-6,8-13H,2,7,14-15H2,1H3/b18-12+,19-13+. The van der Waals surface area contributed by atoms with Crippen molar-refractivity contribution in [2.24, 2.45) is 0 Å². The van der Waals surface area contributed by atoms with Gasteiger partial charge in [-0.2, -0.15) is 0 Å². The molecular weight excluding hydrogens is 360 g/mol. The summed E-state index contributed by atoms with van der Waals surface area (Å²) < 4.78 is 28.1. The Morgan fingerprint density at radius 3 is 1.82 bits per heavy atom. The average Bonchev–Trinajstić information content (AvgIpc) is 2.68. The van der Waals surface area contributed by atoms with E-state index in [0.717, 1.165) is 0 Å². The van der Waals surface area contributed by atoms with Crippen LogP contribution in [0.15, 0.2) is 59.7 Å². The van der Waals surface area contributed by atoms with Crippen molar-refractivity contribution >= 4 is 23.8 Å². The summed E-state index contributed by atoms with van der Waals surface area (Å²) in [6.45, 7) is 2.13. The lowest BCUT2D eigenvalue weighted by Crippen LogP contribution is -2.41. The van der Waals surface area contributed by atoms with Crippen molar-refractivity contribution in [3.63, 3.8) is 0 Å². The number of carbonyl (C=O) groups excluding carboxylic acids is 2. The van der Waals surface area contributed by atoms with Gasteiger partial charge in [0.25, 0.3) is 0 Å². The number of hydrogen-bond donors (Lipinski definition) is 0. The molecule has 144 valence electrons. The zero-order valence-electron chi connectivity index (χ0n) is 15.6. The van der Waals surface area contributed by atoms with E-state index in [0.29, 0.717) is 24.0 Å². The van der Waals surface area contributed by atoms with Crippen molar-refractivity contribution in [2.75, 3.05) is 13.1 Å². The number of Topliss-reactive ketones (excluding diaryl/α,β-unsaturated/α-hetero) is 1. The van der Waals surface area contributed by atoms with E-state index in [1.807, 2.05) is 6.92 Å². The van der Waals surface area contributed by atoms with E-state index in [1.165, 1.54) is 24.3 Å². The maximum absolute atomic E-state index is 14.0. The molecule has 2 aromatic carbocycles. The Balaban J connectivity index is 2.02. The van der Waals surface area contributed by atoms with Crippen LogP contribution in [0.3, 0.4) is 0 Å². The van der Waals surface area contributed by atoms with Crippen molar-refractivity contribution in [3.8, 4) is 0 Å². The molecule has 0 spiro atoms. The highest BCUT2D eigenvalue weighted by Crippen LogP contribution is 2.24. The molecule has 1 saturated heterocycles. The lowest BCUT2D eigenvalue weighted by Gasteiger charge is -2.30. The first-order valence-corrected chi connectivity index (χ1v) is 9.22. The smallest absolute Gasteiger partial charge is 0.223 e. The van der Waals surface area contributed by atoms with E-state index in [2.05, 4.69) is 0 Å². The zero-order chi connectivity index (χ0) is 20.1. The van der Waals surface area contributed by atoms with Crippen LogP contribution >= 0.6 is 0 Å². The van der Waals surface area contributed by atoms with Gasteiger partial charge in [0.2, 0.25) is 5.91 Å². The van der Waals surface area contributed by atoms with Gasteiger partial charge in [0, 0.05) is 41.8 Å². The summed E-state index contributed by atoms with van der Waals surface area (Å²) in [5, 5.41) is 0. The largest absolute Gasteiger partial charge is 0.334 e. The summed E-state index contributed by atoms with van der Waals surface area (Å²) in [4.78, 5) is 27.0. The highest BCUT2D eigenvalue weighted by atomic mass is 19.1. The summed E-state index contributed by atoms with van der Waals surface area (Å²) in [7, 11) is 0. The molecule has 0 radical (unpaired) electrons. The first-order chi connectivity index (χ1) is 13.5. The number of likely N-dealkylation sites (tertiary alicyclic amines) is 1. The lowest BCUT2D eigenvalue weighted by molar-refractivity contribution is -0.131. The second-order valence-corrected chi connectivity index (χ2v) is 6.71. The summed E-state index contributed by atoms with van der Waals surface area (Å²) in [6.07, 6.45) is 3.98. The van der Waals surface area contributed by atoms with Gasteiger partial charge in [-0.3, -0.25) is 9.59 Å². The van der Waals surface area contributed by atoms with E-state index in [1.54, 1.807) is 41.3 Å². The van der Waals surface area contributed by atoms with Gasteiger partial charge >= 0.3 is 0 Å². The van der Waals surface area contributed by atoms with E-state index in [9.17, 15) is 18.4 Å². The zero-order valence-corrected chi connectivity index (χ0v) is 15.6. The molecule has 0 aliphatic carbocycles. The quantitative estimate of drug-likeness (QED) is 0.724. The maximum Gasteiger partial charge on any atom is 0.223 e. The third kappa shape index (κ3) is 4.42. The summed E-state index contributed by atoms with van der Waals surface area (Å²) >= 11 is 0. The Bertz CT molecular complexity index is 895. The van der Waals surface area contributed by atoms with Crippen LogP contribution in [0, 0.1) is 11.6 Å². The second-order valence-electron chi connectivity index (χ2n) is 6.71. The summed E-state index contributed by atoms with van der Waals surface area (Å²) in [5.41, 5.74) is 1.17. The molecule has 0 atom stereocenters. The topological polar surface area (TPSA) is 37.4 Å². The molecule has 0 saturated carbocycles. The van der Waals surface area contributed by atoms with E-state index in [4.69, 9.17) is 0 Å². The van der Waals surface area contributed by atoms with Crippen LogP contribution in [-0.4, -0.2) is 29.7 Å². The number of carbonyl (C=O) groups is 2. The van der Waals surface area contributed by atoms with E-state index < -0.39 is 11.6 Å². The number of ketones is 1. The van der Waals surface area contributed by atoms with Gasteiger partial charge in [0.1, 0.15) is 11.6 Å². The molecule has 0 N–H and O–H groups in total. The molecule has 1 heterocycles. The maximum atomic E-state index is 14.0. The molecule has 0 bridgehead atoms. The molecule has 5 heteroatoms. The predicted molar refractivity (Wildman–Crippen MR) is 105 cm³/mol. The Hall–Kier alpha value is -3.08. The van der Waals surface area contributed by atoms with Gasteiger partial charge in [-0.1, -0.05) is 43.3 Å². The molecule has 28 heavy (non-hydrogen) atoms. The van der Waals surface area contributed by atoms with Gasteiger partial charge in [0.15, 0.2) is 5.78 Å². The number of benzene rings is 2. The number of piperidine rings is 1. The van der Waals surface area contributed by atoms with E-state index in [-0.39, 0.29) is 35.9 Å². The number of rotatable bonds is 4. The molecule has 3 rings (SSSR count). The molecule has 1 fully saturated rings. The van der Waals surface area contributed by atoms with Gasteiger partial charge in [-0.15, -0.1) is 0 Å². The Morgan fingerprint density at radius 2 is 1.39 bits per heavy atom. The second kappa shape index (κ2) is 8.74. The molecule has 1 aliphatic rings. The number of hydrogen-bond acceptors (Lipinski definition) is 2. The fraction of sp³-hybridized carbons (Fsp3) is 0.217. The van der Waals surface area contributed by atoms with Crippen molar-refractivity contribution in [1.82, 2.24) is 4.90 Å². The number of halogens is 2. The van der Waals surface area contributed by atoms with Crippen molar-refractivity contribution in [2.45, 2.75) is 19.8 Å².